The van der Waals surface area contributed by atoms with Crippen LogP contribution >= 0.6 is 0 Å². The second kappa shape index (κ2) is 9.82. The van der Waals surface area contributed by atoms with E-state index in [4.69, 9.17) is 10.2 Å². The van der Waals surface area contributed by atoms with Crippen molar-refractivity contribution in [3.05, 3.63) is 66.3 Å². The number of benzene rings is 2. The zero-order chi connectivity index (χ0) is 29.7. The first kappa shape index (κ1) is 28.0. The van der Waals surface area contributed by atoms with Crippen molar-refractivity contribution < 1.29 is 30.8 Å². The lowest BCUT2D eigenvalue weighted by Gasteiger charge is -2.24. The van der Waals surface area contributed by atoms with Crippen LogP contribution in [0.5, 0.6) is 0 Å². The number of anilines is 1. The lowest BCUT2D eigenvalue weighted by molar-refractivity contribution is -0.212. The topological polar surface area (TPSA) is 161 Å². The molecule has 0 unspecified atom stereocenters. The fourth-order valence-electron chi connectivity index (χ4n) is 4.24. The molecule has 0 saturated heterocycles. The summed E-state index contributed by atoms with van der Waals surface area (Å²) < 4.78 is 70.5. The molecule has 2 aromatic heterocycles. The van der Waals surface area contributed by atoms with Crippen molar-refractivity contribution in [1.82, 2.24) is 20.0 Å². The SMILES string of the molecule is CC(C)(C#N)c1nnc(-c2ccc3c(c2)N(Cc2ccc(-c4cnn(C(F)(F)F)c4)cc2)C(=O)[C@@H](N)CS3(=O)=O)o1. The molecule has 212 valence electrons. The summed E-state index contributed by atoms with van der Waals surface area (Å²) >= 11 is 0. The standard InChI is InChI=1S/C26H22F3N7O4S/c1-25(2,14-30)24-34-33-22(40-24)17-7-8-21-20(9-17)35(23(37)19(31)13-41(21,38)39)11-15-3-5-16(6-4-15)18-10-32-36(12-18)26(27,28)29/h3-10,12,19H,11,13,31H2,1-2H3/t19-/m0/s1. The zero-order valence-corrected chi connectivity index (χ0v) is 22.4. The predicted molar refractivity (Wildman–Crippen MR) is 139 cm³/mol. The third-order valence-electron chi connectivity index (χ3n) is 6.52. The quantitative estimate of drug-likeness (QED) is 0.369. The normalized spacial score (nSPS) is 17.1. The van der Waals surface area contributed by atoms with Gasteiger partial charge in [0.05, 0.1) is 41.2 Å². The van der Waals surface area contributed by atoms with Crippen LogP contribution in [-0.2, 0) is 32.9 Å². The number of nitriles is 1. The van der Waals surface area contributed by atoms with Crippen molar-refractivity contribution in [1.29, 1.82) is 5.26 Å². The van der Waals surface area contributed by atoms with Crippen LogP contribution in [0.1, 0.15) is 25.3 Å². The Kier molecular flexibility index (Phi) is 6.71. The highest BCUT2D eigenvalue weighted by molar-refractivity contribution is 7.91. The minimum atomic E-state index is -4.65. The Hall–Kier alpha value is -4.55. The van der Waals surface area contributed by atoms with Crippen molar-refractivity contribution >= 4 is 21.4 Å². The van der Waals surface area contributed by atoms with Gasteiger partial charge < -0.3 is 15.1 Å². The van der Waals surface area contributed by atoms with E-state index >= 15 is 0 Å². The van der Waals surface area contributed by atoms with Crippen molar-refractivity contribution in [3.63, 3.8) is 0 Å². The van der Waals surface area contributed by atoms with Gasteiger partial charge in [-0.25, -0.2) is 8.42 Å². The van der Waals surface area contributed by atoms with Crippen LogP contribution in [0, 0.1) is 11.3 Å². The van der Waals surface area contributed by atoms with Crippen LogP contribution in [0.25, 0.3) is 22.6 Å². The maximum Gasteiger partial charge on any atom is 0.504 e. The van der Waals surface area contributed by atoms with Gasteiger partial charge in [0, 0.05) is 17.3 Å². The van der Waals surface area contributed by atoms with Crippen LogP contribution in [0.3, 0.4) is 0 Å². The highest BCUT2D eigenvalue weighted by atomic mass is 32.2. The van der Waals surface area contributed by atoms with Gasteiger partial charge in [-0.05, 0) is 43.2 Å². The second-order valence-electron chi connectivity index (χ2n) is 9.98. The minimum Gasteiger partial charge on any atom is -0.419 e. The molecule has 1 aliphatic heterocycles. The van der Waals surface area contributed by atoms with Crippen LogP contribution in [-0.4, -0.2) is 46.1 Å². The first-order chi connectivity index (χ1) is 19.2. The number of sulfone groups is 1. The van der Waals surface area contributed by atoms with Crippen molar-refractivity contribution in [3.8, 4) is 28.7 Å². The first-order valence-electron chi connectivity index (χ1n) is 12.1. The molecule has 0 aliphatic carbocycles. The van der Waals surface area contributed by atoms with E-state index in [9.17, 15) is 31.6 Å². The van der Waals surface area contributed by atoms with Gasteiger partial charge in [0.2, 0.25) is 17.7 Å². The summed E-state index contributed by atoms with van der Waals surface area (Å²) in [5.41, 5.74) is 6.55. The van der Waals surface area contributed by atoms with Gasteiger partial charge in [-0.15, -0.1) is 23.4 Å². The van der Waals surface area contributed by atoms with Gasteiger partial charge in [0.1, 0.15) is 5.41 Å². The summed E-state index contributed by atoms with van der Waals surface area (Å²) in [7, 11) is -3.96. The maximum absolute atomic E-state index is 13.3. The lowest BCUT2D eigenvalue weighted by atomic mass is 9.96. The second-order valence-corrected chi connectivity index (χ2v) is 12.0. The van der Waals surface area contributed by atoms with E-state index in [2.05, 4.69) is 21.4 Å². The van der Waals surface area contributed by atoms with Crippen LogP contribution in [0.4, 0.5) is 18.9 Å². The largest absolute Gasteiger partial charge is 0.504 e. The van der Waals surface area contributed by atoms with Gasteiger partial charge in [-0.3, -0.25) is 4.79 Å². The molecule has 5 rings (SSSR count). The highest BCUT2D eigenvalue weighted by Gasteiger charge is 2.37. The van der Waals surface area contributed by atoms with Crippen molar-refractivity contribution in [2.24, 2.45) is 5.73 Å². The van der Waals surface area contributed by atoms with E-state index < -0.39 is 39.3 Å². The molecular weight excluding hydrogens is 563 g/mol. The summed E-state index contributed by atoms with van der Waals surface area (Å²) in [5.74, 6) is -1.16. The fourth-order valence-corrected chi connectivity index (χ4v) is 5.80. The van der Waals surface area contributed by atoms with E-state index in [1.54, 1.807) is 38.1 Å². The maximum atomic E-state index is 13.3. The van der Waals surface area contributed by atoms with Crippen LogP contribution in [0.2, 0.25) is 0 Å². The highest BCUT2D eigenvalue weighted by Crippen LogP contribution is 2.36. The fraction of sp³-hybridized carbons (Fsp3) is 0.269. The number of carbonyl (C=O) groups is 1. The Morgan fingerprint density at radius 1 is 1.10 bits per heavy atom. The van der Waals surface area contributed by atoms with Gasteiger partial charge in [0.25, 0.3) is 0 Å². The molecule has 4 aromatic rings. The van der Waals surface area contributed by atoms with E-state index in [0.717, 1.165) is 12.4 Å². The summed E-state index contributed by atoms with van der Waals surface area (Å²) in [6, 6.07) is 11.3. The molecule has 0 radical (unpaired) electrons. The number of amides is 1. The Labute approximate surface area is 231 Å². The third kappa shape index (κ3) is 5.31. The number of carbonyl (C=O) groups excluding carboxylic acids is 1. The Bertz CT molecular complexity index is 1790. The molecule has 1 atom stereocenters. The smallest absolute Gasteiger partial charge is 0.419 e. The molecule has 15 heteroatoms. The van der Waals surface area contributed by atoms with Gasteiger partial charge >= 0.3 is 6.30 Å². The van der Waals surface area contributed by atoms with E-state index in [-0.39, 0.29) is 39.2 Å². The summed E-state index contributed by atoms with van der Waals surface area (Å²) in [6.45, 7) is 3.11. The average Bonchev–Trinajstić information content (AvgIpc) is 3.61. The number of hydrogen-bond donors (Lipinski definition) is 1. The lowest BCUT2D eigenvalue weighted by Crippen LogP contribution is -2.45. The summed E-state index contributed by atoms with van der Waals surface area (Å²) in [5, 5.41) is 20.6. The van der Waals surface area contributed by atoms with E-state index in [0.29, 0.717) is 16.7 Å². The van der Waals surface area contributed by atoms with Crippen molar-refractivity contribution in [2.75, 3.05) is 10.7 Å². The zero-order valence-electron chi connectivity index (χ0n) is 21.6. The number of nitrogens with zero attached hydrogens (tertiary/aromatic N) is 6. The number of rotatable bonds is 5. The molecule has 0 spiro atoms. The van der Waals surface area contributed by atoms with Gasteiger partial charge in [-0.2, -0.15) is 15.0 Å². The predicted octanol–water partition coefficient (Wildman–Crippen LogP) is 3.53. The third-order valence-corrected chi connectivity index (χ3v) is 8.34. The van der Waals surface area contributed by atoms with Crippen molar-refractivity contribution in [2.45, 2.75) is 43.0 Å². The molecule has 1 aliphatic rings. The molecule has 2 N–H and O–H groups in total. The molecule has 11 nitrogen and oxygen atoms in total. The molecular formula is C26H22F3N7O4S. The Morgan fingerprint density at radius 2 is 1.78 bits per heavy atom. The number of halogens is 3. The number of aromatic nitrogens is 4. The number of alkyl halides is 3. The number of nitrogens with two attached hydrogens (primary N) is 1. The molecule has 0 saturated carbocycles. The van der Waals surface area contributed by atoms with Gasteiger partial charge in [0.15, 0.2) is 9.84 Å². The molecule has 0 fully saturated rings. The number of hydrogen-bond acceptors (Lipinski definition) is 9. The van der Waals surface area contributed by atoms with E-state index in [1.807, 2.05) is 0 Å². The molecule has 1 amide bonds. The monoisotopic (exact) mass is 585 g/mol. The average molecular weight is 586 g/mol. The Morgan fingerprint density at radius 3 is 2.41 bits per heavy atom. The molecule has 3 heterocycles. The molecule has 41 heavy (non-hydrogen) atoms. The summed E-state index contributed by atoms with van der Waals surface area (Å²) in [6.07, 6.45) is -2.70. The van der Waals surface area contributed by atoms with Gasteiger partial charge in [-0.1, -0.05) is 24.3 Å². The van der Waals surface area contributed by atoms with E-state index in [1.165, 1.54) is 23.1 Å². The van der Waals surface area contributed by atoms with Crippen LogP contribution in [0.15, 0.2) is 64.2 Å². The summed E-state index contributed by atoms with van der Waals surface area (Å²) in [4.78, 5) is 14.5. The molecule has 0 bridgehead atoms. The number of fused-ring (bicyclic) bond motifs is 1. The molecule has 2 aromatic carbocycles. The minimum absolute atomic E-state index is 0.0215. The van der Waals surface area contributed by atoms with Crippen LogP contribution < -0.4 is 10.6 Å². The first-order valence-corrected chi connectivity index (χ1v) is 13.8. The Balaban J connectivity index is 1.52.